The van der Waals surface area contributed by atoms with Crippen LogP contribution in [0.2, 0.25) is 0 Å². The van der Waals surface area contributed by atoms with Gasteiger partial charge in [-0.1, -0.05) is 12.1 Å². The molecule has 0 atom stereocenters. The zero-order valence-corrected chi connectivity index (χ0v) is 10.9. The number of nitrogens with zero attached hydrogens (tertiary/aromatic N) is 1. The largest absolute Gasteiger partial charge is 0.397 e. The highest BCUT2D eigenvalue weighted by molar-refractivity contribution is 5.98. The van der Waals surface area contributed by atoms with Gasteiger partial charge < -0.3 is 15.8 Å². The molecule has 0 aliphatic rings. The van der Waals surface area contributed by atoms with Crippen LogP contribution >= 0.6 is 0 Å². The number of ether oxygens (including phenoxy) is 1. The summed E-state index contributed by atoms with van der Waals surface area (Å²) in [4.78, 5) is 4.08. The van der Waals surface area contributed by atoms with E-state index in [0.29, 0.717) is 13.2 Å². The third-order valence-corrected chi connectivity index (χ3v) is 2.89. The Kier molecular flexibility index (Phi) is 4.75. The normalized spacial score (nSPS) is 10.5. The molecular weight excluding hydrogens is 238 g/mol. The Hall–Kier alpha value is -2.07. The molecular formula is C15H19N3O. The Morgan fingerprint density at radius 3 is 3.05 bits per heavy atom. The molecule has 0 aliphatic heterocycles. The van der Waals surface area contributed by atoms with Crippen LogP contribution in [0.15, 0.2) is 43.2 Å². The SMILES string of the molecule is C=CCCOCCNc1ccc2cnccc2c1N. The number of nitrogens with two attached hydrogens (primary N) is 1. The minimum atomic E-state index is 0.654. The van der Waals surface area contributed by atoms with Gasteiger partial charge in [-0.05, 0) is 18.6 Å². The first kappa shape index (κ1) is 13.4. The second-order valence-corrected chi connectivity index (χ2v) is 4.24. The van der Waals surface area contributed by atoms with Gasteiger partial charge in [-0.2, -0.15) is 0 Å². The van der Waals surface area contributed by atoms with Crippen molar-refractivity contribution in [2.24, 2.45) is 0 Å². The van der Waals surface area contributed by atoms with Gasteiger partial charge in [0.15, 0.2) is 0 Å². The maximum atomic E-state index is 6.14. The number of rotatable bonds is 7. The summed E-state index contributed by atoms with van der Waals surface area (Å²) in [7, 11) is 0. The van der Waals surface area contributed by atoms with Gasteiger partial charge in [0.05, 0.1) is 24.6 Å². The second kappa shape index (κ2) is 6.75. The van der Waals surface area contributed by atoms with Crippen molar-refractivity contribution in [2.45, 2.75) is 6.42 Å². The first-order valence-corrected chi connectivity index (χ1v) is 6.37. The first-order valence-electron chi connectivity index (χ1n) is 6.37. The van der Waals surface area contributed by atoms with Crippen molar-refractivity contribution in [3.63, 3.8) is 0 Å². The van der Waals surface area contributed by atoms with Crippen LogP contribution in [-0.2, 0) is 4.74 Å². The molecule has 100 valence electrons. The predicted octanol–water partition coefficient (Wildman–Crippen LogP) is 2.82. The molecule has 1 aromatic heterocycles. The van der Waals surface area contributed by atoms with Gasteiger partial charge in [-0.25, -0.2) is 0 Å². The Labute approximate surface area is 113 Å². The number of nitrogen functional groups attached to an aromatic ring is 1. The molecule has 0 fully saturated rings. The highest BCUT2D eigenvalue weighted by Gasteiger charge is 2.03. The lowest BCUT2D eigenvalue weighted by Crippen LogP contribution is -2.11. The third kappa shape index (κ3) is 3.45. The van der Waals surface area contributed by atoms with Crippen molar-refractivity contribution in [1.82, 2.24) is 4.98 Å². The van der Waals surface area contributed by atoms with E-state index in [-0.39, 0.29) is 0 Å². The number of aromatic nitrogens is 1. The van der Waals surface area contributed by atoms with Crippen molar-refractivity contribution in [3.05, 3.63) is 43.2 Å². The van der Waals surface area contributed by atoms with Crippen LogP contribution in [-0.4, -0.2) is 24.7 Å². The van der Waals surface area contributed by atoms with E-state index < -0.39 is 0 Å². The van der Waals surface area contributed by atoms with Crippen molar-refractivity contribution < 1.29 is 4.74 Å². The molecule has 0 aliphatic carbocycles. The summed E-state index contributed by atoms with van der Waals surface area (Å²) in [6.07, 6.45) is 6.29. The molecule has 1 heterocycles. The molecule has 19 heavy (non-hydrogen) atoms. The van der Waals surface area contributed by atoms with Gasteiger partial charge in [-0.15, -0.1) is 6.58 Å². The molecule has 0 bridgehead atoms. The lowest BCUT2D eigenvalue weighted by Gasteiger charge is -2.11. The van der Waals surface area contributed by atoms with E-state index >= 15 is 0 Å². The lowest BCUT2D eigenvalue weighted by atomic mass is 10.1. The van der Waals surface area contributed by atoms with Crippen LogP contribution in [0.3, 0.4) is 0 Å². The summed E-state index contributed by atoms with van der Waals surface area (Å²) in [5, 5.41) is 5.36. The van der Waals surface area contributed by atoms with E-state index in [4.69, 9.17) is 10.5 Å². The van der Waals surface area contributed by atoms with E-state index in [9.17, 15) is 0 Å². The summed E-state index contributed by atoms with van der Waals surface area (Å²) in [5.41, 5.74) is 7.83. The second-order valence-electron chi connectivity index (χ2n) is 4.24. The van der Waals surface area contributed by atoms with E-state index in [2.05, 4.69) is 16.9 Å². The maximum Gasteiger partial charge on any atom is 0.0639 e. The van der Waals surface area contributed by atoms with Crippen molar-refractivity contribution >= 4 is 22.1 Å². The molecule has 0 saturated carbocycles. The molecule has 0 saturated heterocycles. The molecule has 4 heteroatoms. The average Bonchev–Trinajstić information content (AvgIpc) is 2.45. The first-order chi connectivity index (χ1) is 9.33. The smallest absolute Gasteiger partial charge is 0.0639 e. The minimum absolute atomic E-state index is 0.654. The zero-order chi connectivity index (χ0) is 13.5. The maximum absolute atomic E-state index is 6.14. The van der Waals surface area contributed by atoms with Crippen LogP contribution < -0.4 is 11.1 Å². The quantitative estimate of drug-likeness (QED) is 0.455. The highest BCUT2D eigenvalue weighted by atomic mass is 16.5. The minimum Gasteiger partial charge on any atom is -0.397 e. The monoisotopic (exact) mass is 257 g/mol. The fourth-order valence-electron chi connectivity index (χ4n) is 1.87. The third-order valence-electron chi connectivity index (χ3n) is 2.89. The molecule has 0 amide bonds. The van der Waals surface area contributed by atoms with Crippen molar-refractivity contribution in [2.75, 3.05) is 30.8 Å². The number of hydrogen-bond donors (Lipinski definition) is 2. The Bertz CT molecular complexity index is 554. The van der Waals surface area contributed by atoms with Gasteiger partial charge in [0.2, 0.25) is 0 Å². The molecule has 3 N–H and O–H groups in total. The van der Waals surface area contributed by atoms with E-state index in [1.54, 1.807) is 6.20 Å². The molecule has 0 spiro atoms. The summed E-state index contributed by atoms with van der Waals surface area (Å²) >= 11 is 0. The Morgan fingerprint density at radius 2 is 2.21 bits per heavy atom. The molecule has 2 aromatic rings. The molecule has 1 aromatic carbocycles. The van der Waals surface area contributed by atoms with Crippen LogP contribution in [0.5, 0.6) is 0 Å². The van der Waals surface area contributed by atoms with E-state index in [0.717, 1.165) is 35.1 Å². The van der Waals surface area contributed by atoms with E-state index in [1.807, 2.05) is 30.5 Å². The Balaban J connectivity index is 1.94. The fraction of sp³-hybridized carbons (Fsp3) is 0.267. The zero-order valence-electron chi connectivity index (χ0n) is 10.9. The molecule has 2 rings (SSSR count). The summed E-state index contributed by atoms with van der Waals surface area (Å²) in [6, 6.07) is 5.92. The summed E-state index contributed by atoms with van der Waals surface area (Å²) in [6.45, 7) is 5.75. The predicted molar refractivity (Wildman–Crippen MR) is 80.3 cm³/mol. The topological polar surface area (TPSA) is 60.2 Å². The summed E-state index contributed by atoms with van der Waals surface area (Å²) < 4.78 is 5.44. The van der Waals surface area contributed by atoms with Crippen LogP contribution in [0.4, 0.5) is 11.4 Å². The van der Waals surface area contributed by atoms with Crippen LogP contribution in [0, 0.1) is 0 Å². The number of pyridine rings is 1. The number of fused-ring (bicyclic) bond motifs is 1. The lowest BCUT2D eigenvalue weighted by molar-refractivity contribution is 0.149. The van der Waals surface area contributed by atoms with Gasteiger partial charge in [-0.3, -0.25) is 4.98 Å². The van der Waals surface area contributed by atoms with Crippen molar-refractivity contribution in [1.29, 1.82) is 0 Å². The van der Waals surface area contributed by atoms with Crippen LogP contribution in [0.25, 0.3) is 10.8 Å². The number of nitrogens with one attached hydrogen (secondary N) is 1. The van der Waals surface area contributed by atoms with Gasteiger partial charge in [0.1, 0.15) is 0 Å². The molecule has 0 unspecified atom stereocenters. The van der Waals surface area contributed by atoms with E-state index in [1.165, 1.54) is 0 Å². The standard InChI is InChI=1S/C15H19N3O/c1-2-3-9-19-10-8-18-14-5-4-12-11-17-7-6-13(12)15(14)16/h2,4-7,11,18H,1,3,8-10,16H2. The molecule has 0 radical (unpaired) electrons. The van der Waals surface area contributed by atoms with Gasteiger partial charge in [0, 0.05) is 29.7 Å². The summed E-state index contributed by atoms with van der Waals surface area (Å²) in [5.74, 6) is 0. The fourth-order valence-corrected chi connectivity index (χ4v) is 1.87. The number of hydrogen-bond acceptors (Lipinski definition) is 4. The number of anilines is 2. The highest BCUT2D eigenvalue weighted by Crippen LogP contribution is 2.27. The Morgan fingerprint density at radius 1 is 1.32 bits per heavy atom. The van der Waals surface area contributed by atoms with Crippen LogP contribution in [0.1, 0.15) is 6.42 Å². The molecule has 4 nitrogen and oxygen atoms in total. The number of benzene rings is 1. The van der Waals surface area contributed by atoms with Gasteiger partial charge >= 0.3 is 0 Å². The van der Waals surface area contributed by atoms with Crippen molar-refractivity contribution in [3.8, 4) is 0 Å². The average molecular weight is 257 g/mol. The van der Waals surface area contributed by atoms with Gasteiger partial charge in [0.25, 0.3) is 0 Å².